The SMILES string of the molecule is Clc1nc(Cl)nc(Nc2ccccc2-n2cccn2)n1. The summed E-state index contributed by atoms with van der Waals surface area (Å²) in [4.78, 5) is 11.6. The third kappa shape index (κ3) is 2.71. The van der Waals surface area contributed by atoms with Crippen molar-refractivity contribution in [3.05, 3.63) is 53.3 Å². The van der Waals surface area contributed by atoms with Gasteiger partial charge in [0.2, 0.25) is 16.5 Å². The van der Waals surface area contributed by atoms with Crippen LogP contribution in [0.3, 0.4) is 0 Å². The molecule has 0 unspecified atom stereocenters. The van der Waals surface area contributed by atoms with Gasteiger partial charge in [-0.2, -0.15) is 20.1 Å². The van der Waals surface area contributed by atoms with Crippen molar-refractivity contribution in [3.8, 4) is 5.69 Å². The van der Waals surface area contributed by atoms with Gasteiger partial charge in [-0.1, -0.05) is 12.1 Å². The van der Waals surface area contributed by atoms with E-state index < -0.39 is 0 Å². The minimum atomic E-state index is 0.0315. The molecule has 0 aliphatic rings. The van der Waals surface area contributed by atoms with Crippen LogP contribution in [-0.4, -0.2) is 24.7 Å². The summed E-state index contributed by atoms with van der Waals surface area (Å²) in [6.45, 7) is 0. The fraction of sp³-hybridized carbons (Fsp3) is 0. The molecule has 1 aromatic carbocycles. The van der Waals surface area contributed by atoms with E-state index in [-0.39, 0.29) is 16.5 Å². The molecule has 0 saturated heterocycles. The van der Waals surface area contributed by atoms with E-state index in [0.29, 0.717) is 0 Å². The average Bonchev–Trinajstić information content (AvgIpc) is 2.92. The van der Waals surface area contributed by atoms with Crippen molar-refractivity contribution in [2.75, 3.05) is 5.32 Å². The second-order valence-corrected chi connectivity index (χ2v) is 4.47. The number of hydrogen-bond acceptors (Lipinski definition) is 5. The summed E-state index contributed by atoms with van der Waals surface area (Å²) in [5.74, 6) is 0.273. The lowest BCUT2D eigenvalue weighted by atomic mass is 10.2. The van der Waals surface area contributed by atoms with E-state index in [4.69, 9.17) is 23.2 Å². The molecule has 20 heavy (non-hydrogen) atoms. The minimum Gasteiger partial charge on any atom is -0.322 e. The number of hydrogen-bond donors (Lipinski definition) is 1. The monoisotopic (exact) mass is 306 g/mol. The Bertz CT molecular complexity index is 708. The van der Waals surface area contributed by atoms with Crippen molar-refractivity contribution >= 4 is 34.8 Å². The van der Waals surface area contributed by atoms with Gasteiger partial charge in [0.1, 0.15) is 0 Å². The molecule has 0 radical (unpaired) electrons. The van der Waals surface area contributed by atoms with Crippen LogP contribution in [0.25, 0.3) is 5.69 Å². The molecular formula is C12H8Cl2N6. The molecule has 0 aliphatic carbocycles. The summed E-state index contributed by atoms with van der Waals surface area (Å²) in [5.41, 5.74) is 1.62. The third-order valence-electron chi connectivity index (χ3n) is 2.48. The Morgan fingerprint density at radius 1 is 0.950 bits per heavy atom. The van der Waals surface area contributed by atoms with Gasteiger partial charge >= 0.3 is 0 Å². The van der Waals surface area contributed by atoms with Crippen molar-refractivity contribution in [2.24, 2.45) is 0 Å². The summed E-state index contributed by atoms with van der Waals surface area (Å²) < 4.78 is 1.73. The molecular weight excluding hydrogens is 299 g/mol. The van der Waals surface area contributed by atoms with Crippen LogP contribution in [-0.2, 0) is 0 Å². The Labute approximate surface area is 124 Å². The Morgan fingerprint density at radius 3 is 2.40 bits per heavy atom. The van der Waals surface area contributed by atoms with Crippen LogP contribution in [0.5, 0.6) is 0 Å². The van der Waals surface area contributed by atoms with Gasteiger partial charge in [0.15, 0.2) is 0 Å². The number of aromatic nitrogens is 5. The van der Waals surface area contributed by atoms with Crippen LogP contribution in [0.15, 0.2) is 42.7 Å². The van der Waals surface area contributed by atoms with Gasteiger partial charge in [0.25, 0.3) is 0 Å². The molecule has 8 heteroatoms. The minimum absolute atomic E-state index is 0.0315. The van der Waals surface area contributed by atoms with Crippen LogP contribution in [0.4, 0.5) is 11.6 Å². The predicted octanol–water partition coefficient (Wildman–Crippen LogP) is 3.11. The Balaban J connectivity index is 1.99. The summed E-state index contributed by atoms with van der Waals surface area (Å²) in [7, 11) is 0. The van der Waals surface area contributed by atoms with Gasteiger partial charge in [-0.05, 0) is 41.4 Å². The van der Waals surface area contributed by atoms with E-state index in [1.54, 1.807) is 10.9 Å². The Hall–Kier alpha value is -2.18. The van der Waals surface area contributed by atoms with Crippen LogP contribution in [0.1, 0.15) is 0 Å². The largest absolute Gasteiger partial charge is 0.322 e. The van der Waals surface area contributed by atoms with E-state index in [9.17, 15) is 0 Å². The highest BCUT2D eigenvalue weighted by atomic mass is 35.5. The summed E-state index contributed by atoms with van der Waals surface area (Å²) >= 11 is 11.5. The Morgan fingerprint density at radius 2 is 1.70 bits per heavy atom. The van der Waals surface area contributed by atoms with E-state index in [0.717, 1.165) is 11.4 Å². The fourth-order valence-corrected chi connectivity index (χ4v) is 2.06. The quantitative estimate of drug-likeness (QED) is 0.805. The van der Waals surface area contributed by atoms with Crippen LogP contribution in [0.2, 0.25) is 10.6 Å². The number of anilines is 2. The van der Waals surface area contributed by atoms with E-state index in [1.165, 1.54) is 0 Å². The van der Waals surface area contributed by atoms with Crippen molar-refractivity contribution in [3.63, 3.8) is 0 Å². The van der Waals surface area contributed by atoms with Crippen LogP contribution >= 0.6 is 23.2 Å². The van der Waals surface area contributed by atoms with Crippen molar-refractivity contribution in [2.45, 2.75) is 0 Å². The highest BCUT2D eigenvalue weighted by Crippen LogP contribution is 2.22. The first-order chi connectivity index (χ1) is 9.72. The summed E-state index contributed by atoms with van der Waals surface area (Å²) in [6, 6.07) is 9.44. The summed E-state index contributed by atoms with van der Waals surface area (Å²) in [5, 5.41) is 7.31. The lowest BCUT2D eigenvalue weighted by molar-refractivity contribution is 0.881. The summed E-state index contributed by atoms with van der Waals surface area (Å²) in [6.07, 6.45) is 3.54. The number of para-hydroxylation sites is 2. The number of nitrogens with one attached hydrogen (secondary N) is 1. The first-order valence-corrected chi connectivity index (χ1v) is 6.41. The molecule has 2 aromatic heterocycles. The lowest BCUT2D eigenvalue weighted by Crippen LogP contribution is -2.04. The van der Waals surface area contributed by atoms with E-state index >= 15 is 0 Å². The number of benzene rings is 1. The van der Waals surface area contributed by atoms with Gasteiger partial charge in [-0.25, -0.2) is 4.68 Å². The maximum absolute atomic E-state index is 5.75. The number of rotatable bonds is 3. The molecule has 1 N–H and O–H groups in total. The van der Waals surface area contributed by atoms with E-state index in [2.05, 4.69) is 25.4 Å². The molecule has 0 spiro atoms. The molecule has 6 nitrogen and oxygen atoms in total. The number of nitrogens with zero attached hydrogens (tertiary/aromatic N) is 5. The van der Waals surface area contributed by atoms with Crippen molar-refractivity contribution in [1.29, 1.82) is 0 Å². The highest BCUT2D eigenvalue weighted by molar-refractivity contribution is 6.31. The zero-order valence-corrected chi connectivity index (χ0v) is 11.5. The lowest BCUT2D eigenvalue weighted by Gasteiger charge is -2.10. The second kappa shape index (κ2) is 5.44. The zero-order valence-electron chi connectivity index (χ0n) is 10.0. The zero-order chi connectivity index (χ0) is 13.9. The van der Waals surface area contributed by atoms with Crippen LogP contribution < -0.4 is 5.32 Å². The maximum atomic E-state index is 5.75. The molecule has 0 saturated carbocycles. The molecule has 3 rings (SSSR count). The first kappa shape index (κ1) is 12.8. The second-order valence-electron chi connectivity index (χ2n) is 3.79. The van der Waals surface area contributed by atoms with Gasteiger partial charge in [-0.3, -0.25) is 0 Å². The molecule has 0 atom stereocenters. The smallest absolute Gasteiger partial charge is 0.232 e. The van der Waals surface area contributed by atoms with Crippen molar-refractivity contribution in [1.82, 2.24) is 24.7 Å². The molecule has 0 bridgehead atoms. The maximum Gasteiger partial charge on any atom is 0.232 e. The Kier molecular flexibility index (Phi) is 3.49. The van der Waals surface area contributed by atoms with Gasteiger partial charge in [0, 0.05) is 12.4 Å². The average molecular weight is 307 g/mol. The topological polar surface area (TPSA) is 68.5 Å². The van der Waals surface area contributed by atoms with E-state index in [1.807, 2.05) is 36.5 Å². The molecule has 0 amide bonds. The number of halogens is 2. The third-order valence-corrected chi connectivity index (χ3v) is 2.82. The molecule has 0 aliphatic heterocycles. The van der Waals surface area contributed by atoms with Gasteiger partial charge in [-0.15, -0.1) is 0 Å². The van der Waals surface area contributed by atoms with Crippen LogP contribution in [0, 0.1) is 0 Å². The van der Waals surface area contributed by atoms with Gasteiger partial charge < -0.3 is 5.32 Å². The molecule has 0 fully saturated rings. The normalized spacial score (nSPS) is 10.5. The fourth-order valence-electron chi connectivity index (χ4n) is 1.69. The predicted molar refractivity (Wildman–Crippen MR) is 76.7 cm³/mol. The standard InChI is InChI=1S/C12H8Cl2N6/c13-10-17-11(14)19-12(18-10)16-8-4-1-2-5-9(8)20-7-3-6-15-20/h1-7H,(H,16,17,18,19). The van der Waals surface area contributed by atoms with Crippen molar-refractivity contribution < 1.29 is 0 Å². The first-order valence-electron chi connectivity index (χ1n) is 5.65. The molecule has 100 valence electrons. The highest BCUT2D eigenvalue weighted by Gasteiger charge is 2.08. The van der Waals surface area contributed by atoms with Gasteiger partial charge in [0.05, 0.1) is 11.4 Å². The molecule has 3 aromatic rings. The molecule has 2 heterocycles.